The van der Waals surface area contributed by atoms with Crippen LogP contribution >= 0.6 is 23.2 Å². The van der Waals surface area contributed by atoms with Crippen LogP contribution in [0.15, 0.2) is 30.6 Å². The van der Waals surface area contributed by atoms with Crippen LogP contribution in [0.2, 0.25) is 10.0 Å². The second-order valence-corrected chi connectivity index (χ2v) is 5.08. The number of nitrogens with zero attached hydrogens (tertiary/aromatic N) is 2. The molecule has 8 heteroatoms. The van der Waals surface area contributed by atoms with E-state index in [4.69, 9.17) is 27.9 Å². The summed E-state index contributed by atoms with van der Waals surface area (Å²) in [4.78, 5) is 22.2. The second kappa shape index (κ2) is 6.15. The average Bonchev–Trinajstić information content (AvgIpc) is 2.85. The van der Waals surface area contributed by atoms with Crippen LogP contribution in [0.25, 0.3) is 0 Å². The molecule has 1 aromatic carbocycles. The van der Waals surface area contributed by atoms with E-state index in [1.807, 2.05) is 0 Å². The molecule has 0 saturated carbocycles. The van der Waals surface area contributed by atoms with Gasteiger partial charge in [-0.15, -0.1) is 0 Å². The number of halogens is 2. The van der Waals surface area contributed by atoms with Crippen LogP contribution in [0, 0.1) is 10.1 Å². The van der Waals surface area contributed by atoms with Crippen molar-refractivity contribution in [2.45, 2.75) is 0 Å². The molecule has 0 saturated heterocycles. The average molecular weight is 329 g/mol. The molecule has 2 aromatic rings. The lowest BCUT2D eigenvalue weighted by atomic mass is 10.2. The molecule has 110 valence electrons. The van der Waals surface area contributed by atoms with Crippen LogP contribution in [-0.4, -0.2) is 21.9 Å². The minimum atomic E-state index is -0.648. The lowest BCUT2D eigenvalue weighted by Gasteiger charge is -2.07. The van der Waals surface area contributed by atoms with Gasteiger partial charge in [-0.25, -0.2) is 0 Å². The van der Waals surface area contributed by atoms with Crippen molar-refractivity contribution >= 4 is 34.7 Å². The van der Waals surface area contributed by atoms with Crippen LogP contribution in [-0.2, 0) is 7.05 Å². The fourth-order valence-corrected chi connectivity index (χ4v) is 1.98. The number of carbonyl (C=O) groups is 1. The fourth-order valence-electron chi connectivity index (χ4n) is 1.67. The molecule has 0 aliphatic carbocycles. The van der Waals surface area contributed by atoms with Crippen molar-refractivity contribution in [3.63, 3.8) is 0 Å². The Morgan fingerprint density at radius 1 is 1.38 bits per heavy atom. The van der Waals surface area contributed by atoms with E-state index in [-0.39, 0.29) is 33.9 Å². The van der Waals surface area contributed by atoms with Crippen LogP contribution < -0.4 is 4.74 Å². The van der Waals surface area contributed by atoms with Crippen molar-refractivity contribution in [2.24, 2.45) is 7.05 Å². The first kappa shape index (κ1) is 15.3. The first-order valence-electron chi connectivity index (χ1n) is 5.80. The van der Waals surface area contributed by atoms with E-state index in [2.05, 4.69) is 0 Å². The van der Waals surface area contributed by atoms with E-state index in [0.29, 0.717) is 5.56 Å². The standard InChI is InChI=1S/C13H10Cl2N2O4/c1-16-3-2-8(6-16)12(18)7-21-13-5-10(15)9(14)4-11(13)17(19)20/h2-6H,7H2,1H3. The zero-order valence-corrected chi connectivity index (χ0v) is 12.4. The zero-order valence-electron chi connectivity index (χ0n) is 10.9. The van der Waals surface area contributed by atoms with Gasteiger partial charge in [-0.2, -0.15) is 0 Å². The zero-order chi connectivity index (χ0) is 15.6. The summed E-state index contributed by atoms with van der Waals surface area (Å²) in [5, 5.41) is 11.1. The molecule has 0 unspecified atom stereocenters. The van der Waals surface area contributed by atoms with Crippen LogP contribution in [0.1, 0.15) is 10.4 Å². The van der Waals surface area contributed by atoms with E-state index >= 15 is 0 Å². The highest BCUT2D eigenvalue weighted by molar-refractivity contribution is 6.42. The molecular formula is C13H10Cl2N2O4. The van der Waals surface area contributed by atoms with Crippen LogP contribution in [0.4, 0.5) is 5.69 Å². The van der Waals surface area contributed by atoms with Gasteiger partial charge in [0.2, 0.25) is 5.78 Å². The molecule has 1 heterocycles. The summed E-state index contributed by atoms with van der Waals surface area (Å²) < 4.78 is 6.93. The van der Waals surface area contributed by atoms with Gasteiger partial charge in [0, 0.05) is 37.1 Å². The highest BCUT2D eigenvalue weighted by Gasteiger charge is 2.19. The third-order valence-electron chi connectivity index (χ3n) is 2.71. The number of hydrogen-bond acceptors (Lipinski definition) is 4. The van der Waals surface area contributed by atoms with Gasteiger partial charge in [-0.1, -0.05) is 23.2 Å². The van der Waals surface area contributed by atoms with Gasteiger partial charge in [-0.05, 0) is 6.07 Å². The summed E-state index contributed by atoms with van der Waals surface area (Å²) in [7, 11) is 1.78. The van der Waals surface area contributed by atoms with E-state index in [9.17, 15) is 14.9 Å². The summed E-state index contributed by atoms with van der Waals surface area (Å²) in [5.74, 6) is -0.394. The predicted molar refractivity (Wildman–Crippen MR) is 78.4 cm³/mol. The summed E-state index contributed by atoms with van der Waals surface area (Å²) >= 11 is 11.5. The monoisotopic (exact) mass is 328 g/mol. The number of aromatic nitrogens is 1. The molecule has 0 bridgehead atoms. The molecular weight excluding hydrogens is 319 g/mol. The molecule has 21 heavy (non-hydrogen) atoms. The van der Waals surface area contributed by atoms with Gasteiger partial charge < -0.3 is 9.30 Å². The number of rotatable bonds is 5. The quantitative estimate of drug-likeness (QED) is 0.478. The van der Waals surface area contributed by atoms with Gasteiger partial charge in [0.25, 0.3) is 0 Å². The number of aryl methyl sites for hydroxylation is 1. The number of carbonyl (C=O) groups excluding carboxylic acids is 1. The van der Waals surface area contributed by atoms with Crippen molar-refractivity contribution in [1.82, 2.24) is 4.57 Å². The molecule has 2 rings (SSSR count). The summed E-state index contributed by atoms with van der Waals surface area (Å²) in [6.07, 6.45) is 3.35. The second-order valence-electron chi connectivity index (χ2n) is 4.27. The lowest BCUT2D eigenvalue weighted by molar-refractivity contribution is -0.385. The Bertz CT molecular complexity index is 712. The number of nitro groups is 1. The molecule has 0 amide bonds. The Morgan fingerprint density at radius 2 is 2.05 bits per heavy atom. The largest absolute Gasteiger partial charge is 0.478 e. The highest BCUT2D eigenvalue weighted by atomic mass is 35.5. The molecule has 1 aromatic heterocycles. The normalized spacial score (nSPS) is 10.4. The van der Waals surface area contributed by atoms with E-state index < -0.39 is 4.92 Å². The topological polar surface area (TPSA) is 74.4 Å². The smallest absolute Gasteiger partial charge is 0.312 e. The minimum Gasteiger partial charge on any atom is -0.478 e. The van der Waals surface area contributed by atoms with Gasteiger partial charge in [0.15, 0.2) is 12.4 Å². The number of Topliss-reactive ketones (excluding diaryl/α,β-unsaturated/α-hetero) is 1. The van der Waals surface area contributed by atoms with Crippen molar-refractivity contribution in [2.75, 3.05) is 6.61 Å². The van der Waals surface area contributed by atoms with Crippen LogP contribution in [0.3, 0.4) is 0 Å². The fraction of sp³-hybridized carbons (Fsp3) is 0.154. The number of benzene rings is 1. The first-order valence-corrected chi connectivity index (χ1v) is 6.55. The SMILES string of the molecule is Cn1ccc(C(=O)COc2cc(Cl)c(Cl)cc2[N+](=O)[O-])c1. The van der Waals surface area contributed by atoms with Gasteiger partial charge in [0.05, 0.1) is 15.0 Å². The van der Waals surface area contributed by atoms with Crippen molar-refractivity contribution in [3.8, 4) is 5.75 Å². The maximum atomic E-state index is 11.9. The maximum absolute atomic E-state index is 11.9. The van der Waals surface area contributed by atoms with Gasteiger partial charge in [-0.3, -0.25) is 14.9 Å². The number of ether oxygens (including phenoxy) is 1. The Hall–Kier alpha value is -2.05. The van der Waals surface area contributed by atoms with E-state index in [1.165, 1.54) is 6.07 Å². The minimum absolute atomic E-state index is 0.0464. The van der Waals surface area contributed by atoms with E-state index in [1.54, 1.807) is 30.1 Å². The predicted octanol–water partition coefficient (Wildman–Crippen LogP) is 3.50. The Labute approximate surface area is 130 Å². The van der Waals surface area contributed by atoms with E-state index in [0.717, 1.165) is 6.07 Å². The van der Waals surface area contributed by atoms with Gasteiger partial charge >= 0.3 is 5.69 Å². The lowest BCUT2D eigenvalue weighted by Crippen LogP contribution is -2.11. The Kier molecular flexibility index (Phi) is 4.50. The molecule has 0 radical (unpaired) electrons. The summed E-state index contributed by atoms with van der Waals surface area (Å²) in [5.41, 5.74) is 0.116. The molecule has 0 N–H and O–H groups in total. The third-order valence-corrected chi connectivity index (χ3v) is 3.43. The third kappa shape index (κ3) is 3.53. The molecule has 6 nitrogen and oxygen atoms in total. The molecule has 0 aliphatic rings. The van der Waals surface area contributed by atoms with Crippen molar-refractivity contribution < 1.29 is 14.5 Å². The number of nitro benzene ring substituents is 1. The maximum Gasteiger partial charge on any atom is 0.312 e. The number of ketones is 1. The molecule has 0 aliphatic heterocycles. The summed E-state index contributed by atoms with van der Waals surface area (Å²) in [6.45, 7) is -0.331. The summed E-state index contributed by atoms with van der Waals surface area (Å²) in [6, 6.07) is 3.95. The van der Waals surface area contributed by atoms with Crippen molar-refractivity contribution in [3.05, 3.63) is 56.3 Å². The molecule has 0 spiro atoms. The Balaban J connectivity index is 2.18. The first-order chi connectivity index (χ1) is 9.88. The number of hydrogen-bond donors (Lipinski definition) is 0. The highest BCUT2D eigenvalue weighted by Crippen LogP contribution is 2.35. The molecule has 0 atom stereocenters. The van der Waals surface area contributed by atoms with Crippen LogP contribution in [0.5, 0.6) is 5.75 Å². The van der Waals surface area contributed by atoms with Gasteiger partial charge in [0.1, 0.15) is 0 Å². The van der Waals surface area contributed by atoms with Crippen molar-refractivity contribution in [1.29, 1.82) is 0 Å². The Morgan fingerprint density at radius 3 is 2.62 bits per heavy atom. The molecule has 0 fully saturated rings.